The molecule has 0 saturated carbocycles. The van der Waals surface area contributed by atoms with E-state index in [1.54, 1.807) is 24.3 Å². The highest BCUT2D eigenvalue weighted by Gasteiger charge is 2.14. The molecular formula is C24H25BrO3S. The second kappa shape index (κ2) is 10.2. The molecule has 0 spiro atoms. The third-order valence-corrected chi connectivity index (χ3v) is 6.64. The van der Waals surface area contributed by atoms with Crippen LogP contribution >= 0.6 is 15.9 Å². The van der Waals surface area contributed by atoms with Gasteiger partial charge in [-0.2, -0.15) is 8.42 Å². The molecule has 0 atom stereocenters. The minimum atomic E-state index is -3.65. The van der Waals surface area contributed by atoms with Gasteiger partial charge >= 0.3 is 0 Å². The molecule has 0 heterocycles. The van der Waals surface area contributed by atoms with Crippen molar-refractivity contribution in [2.75, 3.05) is 6.61 Å². The fourth-order valence-corrected chi connectivity index (χ4v) is 4.26. The lowest BCUT2D eigenvalue weighted by atomic mass is 10.0. The zero-order valence-corrected chi connectivity index (χ0v) is 18.9. The molecule has 3 rings (SSSR count). The van der Waals surface area contributed by atoms with E-state index >= 15 is 0 Å². The molecule has 0 amide bonds. The van der Waals surface area contributed by atoms with Crippen molar-refractivity contribution in [2.24, 2.45) is 0 Å². The molecule has 3 aromatic rings. The Balaban J connectivity index is 1.39. The maximum atomic E-state index is 12.1. The zero-order valence-electron chi connectivity index (χ0n) is 16.5. The molecule has 0 aliphatic rings. The van der Waals surface area contributed by atoms with Crippen molar-refractivity contribution >= 4 is 26.0 Å². The second-order valence-corrected chi connectivity index (χ2v) is 9.63. The molecule has 3 aromatic carbocycles. The second-order valence-electron chi connectivity index (χ2n) is 7.10. The first-order chi connectivity index (χ1) is 13.9. The molecule has 29 heavy (non-hydrogen) atoms. The Hall–Kier alpha value is -1.95. The van der Waals surface area contributed by atoms with Crippen LogP contribution in [0.5, 0.6) is 0 Å². The van der Waals surface area contributed by atoms with E-state index in [4.69, 9.17) is 4.18 Å². The smallest absolute Gasteiger partial charge is 0.266 e. The van der Waals surface area contributed by atoms with Crippen molar-refractivity contribution in [3.05, 3.63) is 88.4 Å². The Morgan fingerprint density at radius 3 is 1.97 bits per heavy atom. The van der Waals surface area contributed by atoms with Gasteiger partial charge in [-0.3, -0.25) is 4.18 Å². The van der Waals surface area contributed by atoms with E-state index in [0.717, 1.165) is 35.7 Å². The SMILES string of the molecule is Cc1ccc(S(=O)(=O)OCCCCCc2ccc(-c3ccc(Br)cc3)cc2)cc1. The van der Waals surface area contributed by atoms with Crippen molar-refractivity contribution in [2.45, 2.75) is 37.5 Å². The first kappa shape index (κ1) is 21.8. The number of hydrogen-bond donors (Lipinski definition) is 0. The van der Waals surface area contributed by atoms with E-state index in [1.807, 2.05) is 19.1 Å². The van der Waals surface area contributed by atoms with Crippen LogP contribution in [0.4, 0.5) is 0 Å². The van der Waals surface area contributed by atoms with Crippen LogP contribution < -0.4 is 0 Å². The average Bonchev–Trinajstić information content (AvgIpc) is 2.72. The van der Waals surface area contributed by atoms with Gasteiger partial charge in [-0.1, -0.05) is 76.4 Å². The summed E-state index contributed by atoms with van der Waals surface area (Å²) >= 11 is 3.46. The molecule has 0 aliphatic carbocycles. The summed E-state index contributed by atoms with van der Waals surface area (Å²) in [5, 5.41) is 0. The monoisotopic (exact) mass is 472 g/mol. The first-order valence-electron chi connectivity index (χ1n) is 9.75. The van der Waals surface area contributed by atoms with Gasteiger partial charge in [0.2, 0.25) is 0 Å². The quantitative estimate of drug-likeness (QED) is 0.262. The Kier molecular flexibility index (Phi) is 7.64. The van der Waals surface area contributed by atoms with E-state index in [2.05, 4.69) is 52.3 Å². The van der Waals surface area contributed by atoms with Crippen LogP contribution in [-0.2, 0) is 20.7 Å². The molecule has 152 valence electrons. The van der Waals surface area contributed by atoms with E-state index in [-0.39, 0.29) is 11.5 Å². The van der Waals surface area contributed by atoms with Crippen LogP contribution in [0.3, 0.4) is 0 Å². The van der Waals surface area contributed by atoms with Gasteiger partial charge in [0, 0.05) is 4.47 Å². The van der Waals surface area contributed by atoms with Gasteiger partial charge in [0.05, 0.1) is 11.5 Å². The Labute approximate surface area is 182 Å². The third kappa shape index (κ3) is 6.53. The van der Waals surface area contributed by atoms with E-state index in [0.29, 0.717) is 0 Å². The predicted octanol–water partition coefficient (Wildman–Crippen LogP) is 6.54. The van der Waals surface area contributed by atoms with Crippen LogP contribution in [0.2, 0.25) is 0 Å². The van der Waals surface area contributed by atoms with Gasteiger partial charge in [-0.15, -0.1) is 0 Å². The van der Waals surface area contributed by atoms with E-state index < -0.39 is 10.1 Å². The largest absolute Gasteiger partial charge is 0.296 e. The number of unbranched alkanes of at least 4 members (excludes halogenated alkanes) is 2. The lowest BCUT2D eigenvalue weighted by molar-refractivity contribution is 0.307. The van der Waals surface area contributed by atoms with Gasteiger partial charge in [-0.05, 0) is 67.1 Å². The zero-order chi connectivity index (χ0) is 20.7. The minimum Gasteiger partial charge on any atom is -0.266 e. The van der Waals surface area contributed by atoms with Crippen LogP contribution in [0, 0.1) is 6.92 Å². The highest BCUT2D eigenvalue weighted by Crippen LogP contribution is 2.22. The molecular weight excluding hydrogens is 448 g/mol. The topological polar surface area (TPSA) is 43.4 Å². The van der Waals surface area contributed by atoms with Crippen molar-refractivity contribution in [1.29, 1.82) is 0 Å². The number of benzene rings is 3. The molecule has 0 N–H and O–H groups in total. The maximum absolute atomic E-state index is 12.1. The molecule has 0 saturated heterocycles. The fraction of sp³-hybridized carbons (Fsp3) is 0.250. The lowest BCUT2D eigenvalue weighted by Gasteiger charge is -2.07. The van der Waals surface area contributed by atoms with Crippen LogP contribution in [0.25, 0.3) is 11.1 Å². The molecule has 0 aliphatic heterocycles. The summed E-state index contributed by atoms with van der Waals surface area (Å²) in [5.41, 5.74) is 4.72. The molecule has 0 bridgehead atoms. The number of aryl methyl sites for hydroxylation is 2. The van der Waals surface area contributed by atoms with Crippen molar-refractivity contribution in [1.82, 2.24) is 0 Å². The highest BCUT2D eigenvalue weighted by molar-refractivity contribution is 9.10. The molecule has 3 nitrogen and oxygen atoms in total. The number of halogens is 1. The Morgan fingerprint density at radius 2 is 1.34 bits per heavy atom. The minimum absolute atomic E-state index is 0.217. The van der Waals surface area contributed by atoms with Gasteiger partial charge in [0.15, 0.2) is 0 Å². The molecule has 5 heteroatoms. The van der Waals surface area contributed by atoms with Crippen molar-refractivity contribution < 1.29 is 12.6 Å². The Bertz CT molecular complexity index is 1010. The van der Waals surface area contributed by atoms with Crippen molar-refractivity contribution in [3.8, 4) is 11.1 Å². The van der Waals surface area contributed by atoms with E-state index in [9.17, 15) is 8.42 Å². The molecule has 0 radical (unpaired) electrons. The lowest BCUT2D eigenvalue weighted by Crippen LogP contribution is -2.07. The summed E-state index contributed by atoms with van der Waals surface area (Å²) in [7, 11) is -3.65. The number of rotatable bonds is 9. The summed E-state index contributed by atoms with van der Waals surface area (Å²) in [6, 6.07) is 23.6. The van der Waals surface area contributed by atoms with Gasteiger partial charge in [0.1, 0.15) is 0 Å². The molecule has 0 unspecified atom stereocenters. The van der Waals surface area contributed by atoms with Gasteiger partial charge in [-0.25, -0.2) is 0 Å². The van der Waals surface area contributed by atoms with Crippen LogP contribution in [0.15, 0.2) is 82.2 Å². The van der Waals surface area contributed by atoms with Gasteiger partial charge < -0.3 is 0 Å². The summed E-state index contributed by atoms with van der Waals surface area (Å²) < 4.78 is 30.5. The summed E-state index contributed by atoms with van der Waals surface area (Å²) in [5.74, 6) is 0. The number of hydrogen-bond acceptors (Lipinski definition) is 3. The van der Waals surface area contributed by atoms with Gasteiger partial charge in [0.25, 0.3) is 10.1 Å². The Morgan fingerprint density at radius 1 is 0.759 bits per heavy atom. The highest BCUT2D eigenvalue weighted by atomic mass is 79.9. The fourth-order valence-electron chi connectivity index (χ4n) is 3.06. The van der Waals surface area contributed by atoms with Crippen LogP contribution in [-0.4, -0.2) is 15.0 Å². The first-order valence-corrected chi connectivity index (χ1v) is 12.0. The molecule has 0 aromatic heterocycles. The summed E-state index contributed by atoms with van der Waals surface area (Å²) in [6.07, 6.45) is 3.64. The third-order valence-electron chi connectivity index (χ3n) is 4.79. The standard InChI is InChI=1S/C24H25BrO3S/c1-19-6-16-24(17-7-19)29(26,27)28-18-4-2-3-5-20-8-10-21(11-9-20)22-12-14-23(25)15-13-22/h6-17H,2-5,18H2,1H3. The maximum Gasteiger partial charge on any atom is 0.296 e. The normalized spacial score (nSPS) is 11.5. The van der Waals surface area contributed by atoms with Crippen LogP contribution in [0.1, 0.15) is 30.4 Å². The van der Waals surface area contributed by atoms with Crippen molar-refractivity contribution in [3.63, 3.8) is 0 Å². The average molecular weight is 473 g/mol. The summed E-state index contributed by atoms with van der Waals surface area (Å²) in [4.78, 5) is 0.217. The van der Waals surface area contributed by atoms with E-state index in [1.165, 1.54) is 16.7 Å². The molecule has 0 fully saturated rings. The summed E-state index contributed by atoms with van der Waals surface area (Å²) in [6.45, 7) is 2.14. The predicted molar refractivity (Wildman–Crippen MR) is 121 cm³/mol.